The molecule has 2 aromatic heterocycles. The minimum atomic E-state index is -4.50. The molecule has 0 fully saturated rings. The van der Waals surface area contributed by atoms with Crippen LogP contribution >= 0.6 is 11.3 Å². The van der Waals surface area contributed by atoms with E-state index in [-0.39, 0.29) is 17.2 Å². The minimum absolute atomic E-state index is 0.0462. The monoisotopic (exact) mass is 456 g/mol. The molecule has 0 saturated heterocycles. The van der Waals surface area contributed by atoms with Gasteiger partial charge in [-0.1, -0.05) is 29.5 Å². The van der Waals surface area contributed by atoms with Gasteiger partial charge in [-0.25, -0.2) is 9.97 Å². The van der Waals surface area contributed by atoms with Crippen molar-refractivity contribution in [1.29, 1.82) is 0 Å². The van der Waals surface area contributed by atoms with Gasteiger partial charge in [-0.2, -0.15) is 13.2 Å². The number of nitrogens with one attached hydrogen (secondary N) is 2. The third-order valence-corrected chi connectivity index (χ3v) is 5.29. The number of hydrogen-bond donors (Lipinski definition) is 2. The molecule has 0 aliphatic rings. The number of thiazole rings is 1. The molecule has 2 aromatic carbocycles. The van der Waals surface area contributed by atoms with E-state index >= 15 is 0 Å². The quantitative estimate of drug-likeness (QED) is 0.419. The summed E-state index contributed by atoms with van der Waals surface area (Å²) >= 11 is 1.22. The van der Waals surface area contributed by atoms with E-state index in [0.29, 0.717) is 26.7 Å². The fraction of sp³-hybridized carbons (Fsp3) is 0.0909. The lowest BCUT2D eigenvalue weighted by Crippen LogP contribution is -2.13. The number of rotatable bonds is 4. The Morgan fingerprint density at radius 1 is 0.938 bits per heavy atom. The number of carbonyl (C=O) groups excluding carboxylic acids is 2. The van der Waals surface area contributed by atoms with Gasteiger partial charge in [-0.05, 0) is 42.5 Å². The lowest BCUT2D eigenvalue weighted by molar-refractivity contribution is -0.137. The van der Waals surface area contributed by atoms with Crippen LogP contribution in [-0.2, 0) is 11.0 Å². The summed E-state index contributed by atoms with van der Waals surface area (Å²) in [6, 6.07) is 14.5. The Morgan fingerprint density at radius 2 is 1.72 bits per heavy atom. The molecule has 0 radical (unpaired) electrons. The Balaban J connectivity index is 1.58. The number of alkyl halides is 3. The maximum absolute atomic E-state index is 12.9. The molecule has 0 atom stereocenters. The van der Waals surface area contributed by atoms with Crippen LogP contribution in [0.2, 0.25) is 0 Å². The molecule has 0 saturated carbocycles. The van der Waals surface area contributed by atoms with Crippen molar-refractivity contribution < 1.29 is 22.8 Å². The van der Waals surface area contributed by atoms with E-state index in [1.165, 1.54) is 30.4 Å². The molecule has 0 aliphatic heterocycles. The van der Waals surface area contributed by atoms with Crippen LogP contribution < -0.4 is 10.6 Å². The van der Waals surface area contributed by atoms with Crippen molar-refractivity contribution in [1.82, 2.24) is 9.97 Å². The lowest BCUT2D eigenvalue weighted by atomic mass is 10.1. The summed E-state index contributed by atoms with van der Waals surface area (Å²) in [5.74, 6) is -0.776. The van der Waals surface area contributed by atoms with Crippen LogP contribution in [0.5, 0.6) is 0 Å². The van der Waals surface area contributed by atoms with E-state index in [1.807, 2.05) is 0 Å². The molecule has 0 bridgehead atoms. The first-order valence-corrected chi connectivity index (χ1v) is 10.1. The molecule has 0 unspecified atom stereocenters. The van der Waals surface area contributed by atoms with Crippen LogP contribution in [0.15, 0.2) is 60.7 Å². The molecule has 4 rings (SSSR count). The van der Waals surface area contributed by atoms with Crippen LogP contribution in [0, 0.1) is 0 Å². The van der Waals surface area contributed by atoms with E-state index in [9.17, 15) is 22.8 Å². The van der Waals surface area contributed by atoms with E-state index < -0.39 is 17.6 Å². The number of amides is 2. The van der Waals surface area contributed by atoms with Gasteiger partial charge in [-0.15, -0.1) is 0 Å². The summed E-state index contributed by atoms with van der Waals surface area (Å²) in [6.07, 6.45) is -4.50. The number of pyridine rings is 1. The lowest BCUT2D eigenvalue weighted by Gasteiger charge is -2.10. The van der Waals surface area contributed by atoms with Crippen LogP contribution in [-0.4, -0.2) is 21.8 Å². The molecule has 4 aromatic rings. The molecule has 2 amide bonds. The molecular weight excluding hydrogens is 441 g/mol. The summed E-state index contributed by atoms with van der Waals surface area (Å²) in [6.45, 7) is 1.39. The number of fused-ring (bicyclic) bond motifs is 1. The fourth-order valence-electron chi connectivity index (χ4n) is 2.98. The maximum atomic E-state index is 12.9. The summed E-state index contributed by atoms with van der Waals surface area (Å²) in [5.41, 5.74) is 1.34. The van der Waals surface area contributed by atoms with Crippen LogP contribution in [0.1, 0.15) is 22.8 Å². The van der Waals surface area contributed by atoms with Crippen LogP contribution in [0.4, 0.5) is 24.0 Å². The molecule has 0 aliphatic carbocycles. The smallest absolute Gasteiger partial charge is 0.322 e. The van der Waals surface area contributed by atoms with Crippen molar-refractivity contribution in [2.24, 2.45) is 0 Å². The van der Waals surface area contributed by atoms with Gasteiger partial charge in [-0.3, -0.25) is 9.59 Å². The zero-order valence-electron chi connectivity index (χ0n) is 16.5. The molecule has 10 heteroatoms. The van der Waals surface area contributed by atoms with Crippen molar-refractivity contribution in [3.05, 3.63) is 71.8 Å². The first-order valence-electron chi connectivity index (χ1n) is 9.33. The second kappa shape index (κ2) is 8.39. The van der Waals surface area contributed by atoms with Crippen LogP contribution in [0.25, 0.3) is 21.6 Å². The van der Waals surface area contributed by atoms with E-state index in [0.717, 1.165) is 12.1 Å². The number of halogens is 3. The Kier molecular flexibility index (Phi) is 5.62. The number of aromatic nitrogens is 2. The number of carbonyl (C=O) groups is 2. The van der Waals surface area contributed by atoms with Gasteiger partial charge in [0, 0.05) is 23.7 Å². The third kappa shape index (κ3) is 4.75. The third-order valence-electron chi connectivity index (χ3n) is 4.41. The van der Waals surface area contributed by atoms with E-state index in [4.69, 9.17) is 0 Å². The molecule has 162 valence electrons. The largest absolute Gasteiger partial charge is 0.416 e. The zero-order valence-corrected chi connectivity index (χ0v) is 17.3. The molecule has 6 nitrogen and oxygen atoms in total. The topological polar surface area (TPSA) is 84.0 Å². The van der Waals surface area contributed by atoms with Gasteiger partial charge < -0.3 is 10.6 Å². The average Bonchev–Trinajstić information content (AvgIpc) is 3.14. The summed E-state index contributed by atoms with van der Waals surface area (Å²) in [5, 5.41) is 5.55. The molecule has 2 heterocycles. The number of hydrogen-bond acceptors (Lipinski definition) is 5. The van der Waals surface area contributed by atoms with Crippen molar-refractivity contribution in [3.63, 3.8) is 0 Å². The zero-order chi connectivity index (χ0) is 22.9. The van der Waals surface area contributed by atoms with Crippen molar-refractivity contribution in [2.75, 3.05) is 10.6 Å². The van der Waals surface area contributed by atoms with Crippen molar-refractivity contribution >= 4 is 44.3 Å². The van der Waals surface area contributed by atoms with Gasteiger partial charge in [0.1, 0.15) is 10.3 Å². The first-order chi connectivity index (χ1) is 15.2. The average molecular weight is 456 g/mol. The highest BCUT2D eigenvalue weighted by atomic mass is 32.1. The molecule has 2 N–H and O–H groups in total. The second-order valence-electron chi connectivity index (χ2n) is 6.83. The first kappa shape index (κ1) is 21.4. The van der Waals surface area contributed by atoms with Gasteiger partial charge in [0.05, 0.1) is 11.3 Å². The summed E-state index contributed by atoms with van der Waals surface area (Å²) < 4.78 is 38.7. The molecule has 0 spiro atoms. The Bertz CT molecular complexity index is 1330. The number of anilines is 2. The normalized spacial score (nSPS) is 11.4. The van der Waals surface area contributed by atoms with E-state index in [2.05, 4.69) is 20.6 Å². The number of benzene rings is 2. The number of nitrogens with zero attached hydrogens (tertiary/aromatic N) is 2. The molecular formula is C22H15F3N4O2S. The predicted molar refractivity (Wildman–Crippen MR) is 117 cm³/mol. The van der Waals surface area contributed by atoms with Gasteiger partial charge in [0.15, 0.2) is 5.13 Å². The standard InChI is InChI=1S/C22H15F3N4O2S/c1-12(30)26-21-29-18-9-8-17(28-20(18)32-21)13-4-2-5-14(10-13)19(31)27-16-7-3-6-15(11-16)22(23,24)25/h2-11H,1H3,(H,27,31)(H,26,29,30). The Morgan fingerprint density at radius 3 is 2.47 bits per heavy atom. The highest BCUT2D eigenvalue weighted by Gasteiger charge is 2.30. The fourth-order valence-corrected chi connectivity index (χ4v) is 3.86. The summed E-state index contributed by atoms with van der Waals surface area (Å²) in [4.78, 5) is 33.3. The predicted octanol–water partition coefficient (Wildman–Crippen LogP) is 5.59. The summed E-state index contributed by atoms with van der Waals surface area (Å²) in [7, 11) is 0. The second-order valence-corrected chi connectivity index (χ2v) is 7.81. The highest BCUT2D eigenvalue weighted by molar-refractivity contribution is 7.21. The van der Waals surface area contributed by atoms with Crippen LogP contribution in [0.3, 0.4) is 0 Å². The Hall–Kier alpha value is -3.79. The Labute approximate surface area is 184 Å². The maximum Gasteiger partial charge on any atom is 0.416 e. The molecule has 32 heavy (non-hydrogen) atoms. The van der Waals surface area contributed by atoms with Gasteiger partial charge >= 0.3 is 6.18 Å². The van der Waals surface area contributed by atoms with E-state index in [1.54, 1.807) is 36.4 Å². The van der Waals surface area contributed by atoms with Gasteiger partial charge in [0.2, 0.25) is 5.91 Å². The minimum Gasteiger partial charge on any atom is -0.322 e. The van der Waals surface area contributed by atoms with Crippen molar-refractivity contribution in [2.45, 2.75) is 13.1 Å². The van der Waals surface area contributed by atoms with Crippen molar-refractivity contribution in [3.8, 4) is 11.3 Å². The highest BCUT2D eigenvalue weighted by Crippen LogP contribution is 2.31. The SMILES string of the molecule is CC(=O)Nc1nc2ccc(-c3cccc(C(=O)Nc4cccc(C(F)(F)F)c4)c3)nc2s1. The van der Waals surface area contributed by atoms with Gasteiger partial charge in [0.25, 0.3) is 5.91 Å².